The molecule has 1 aliphatic rings. The van der Waals surface area contributed by atoms with Crippen LogP contribution in [0.25, 0.3) is 6.08 Å². The molecular weight excluding hydrogens is 438 g/mol. The van der Waals surface area contributed by atoms with Gasteiger partial charge in [-0.2, -0.15) is 0 Å². The molecule has 2 aromatic carbocycles. The largest absolute Gasteiger partial charge is 0.465 e. The Morgan fingerprint density at radius 1 is 1.12 bits per heavy atom. The number of esters is 2. The quantitative estimate of drug-likeness (QED) is 0.309. The second kappa shape index (κ2) is 9.07. The third kappa shape index (κ3) is 4.70. The minimum absolute atomic E-state index is 0.0646. The first-order chi connectivity index (χ1) is 15.4. The van der Waals surface area contributed by atoms with Gasteiger partial charge in [0.25, 0.3) is 0 Å². The molecule has 9 heteroatoms. The van der Waals surface area contributed by atoms with Crippen molar-refractivity contribution in [3.63, 3.8) is 0 Å². The van der Waals surface area contributed by atoms with Crippen LogP contribution in [0.1, 0.15) is 38.5 Å². The van der Waals surface area contributed by atoms with Gasteiger partial charge in [0.2, 0.25) is 5.78 Å². The molecule has 0 unspecified atom stereocenters. The molecule has 0 bridgehead atoms. The molecule has 0 N–H and O–H groups in total. The number of carbonyl (C=O) groups is 3. The number of ketones is 1. The number of hydrogen-bond donors (Lipinski definition) is 0. The van der Waals surface area contributed by atoms with Crippen LogP contribution in [-0.2, 0) is 16.0 Å². The molecule has 0 aliphatic carbocycles. The van der Waals surface area contributed by atoms with Crippen LogP contribution in [0.5, 0.6) is 11.5 Å². The molecule has 3 aromatic rings. The fraction of sp³-hybridized carbons (Fsp3) is 0.130. The van der Waals surface area contributed by atoms with Gasteiger partial charge in [-0.15, -0.1) is 0 Å². The summed E-state index contributed by atoms with van der Waals surface area (Å²) in [6.45, 7) is 0. The van der Waals surface area contributed by atoms with Crippen molar-refractivity contribution in [1.29, 1.82) is 0 Å². The number of benzene rings is 2. The summed E-state index contributed by atoms with van der Waals surface area (Å²) >= 11 is 5.67. The Morgan fingerprint density at radius 3 is 2.59 bits per heavy atom. The zero-order valence-electron chi connectivity index (χ0n) is 16.8. The zero-order chi connectivity index (χ0) is 22.7. The fourth-order valence-corrected chi connectivity index (χ4v) is 3.18. The summed E-state index contributed by atoms with van der Waals surface area (Å²) in [6, 6.07) is 12.6. The molecule has 162 valence electrons. The number of aryl methyl sites for hydroxylation is 1. The SMILES string of the molecule is COC(=O)c1ccc(/C=C2\Oc3cc(OC(=O)CCc4cc(Cl)no4)ccc3C2=O)cc1. The number of hydrogen-bond acceptors (Lipinski definition) is 8. The minimum Gasteiger partial charge on any atom is -0.465 e. The smallest absolute Gasteiger partial charge is 0.337 e. The van der Waals surface area contributed by atoms with Gasteiger partial charge in [-0.1, -0.05) is 28.9 Å². The summed E-state index contributed by atoms with van der Waals surface area (Å²) in [5.74, 6) is -0.0850. The minimum atomic E-state index is -0.483. The van der Waals surface area contributed by atoms with E-state index in [0.29, 0.717) is 34.6 Å². The molecule has 4 rings (SSSR count). The zero-order valence-corrected chi connectivity index (χ0v) is 17.5. The number of allylic oxidation sites excluding steroid dienone is 1. The van der Waals surface area contributed by atoms with Crippen LogP contribution in [0.15, 0.2) is 58.8 Å². The first-order valence-corrected chi connectivity index (χ1v) is 9.89. The lowest BCUT2D eigenvalue weighted by molar-refractivity contribution is -0.134. The van der Waals surface area contributed by atoms with Crippen molar-refractivity contribution >= 4 is 35.4 Å². The predicted octanol–water partition coefficient (Wildman–Crippen LogP) is 4.27. The number of methoxy groups -OCH3 is 1. The van der Waals surface area contributed by atoms with Gasteiger partial charge < -0.3 is 18.7 Å². The third-order valence-electron chi connectivity index (χ3n) is 4.61. The average Bonchev–Trinajstić information content (AvgIpc) is 3.34. The van der Waals surface area contributed by atoms with Crippen LogP contribution in [0.2, 0.25) is 5.15 Å². The Labute approximate surface area is 187 Å². The maximum Gasteiger partial charge on any atom is 0.337 e. The van der Waals surface area contributed by atoms with Crippen LogP contribution in [-0.4, -0.2) is 30.0 Å². The van der Waals surface area contributed by atoms with Crippen LogP contribution in [0.4, 0.5) is 0 Å². The van der Waals surface area contributed by atoms with E-state index in [1.54, 1.807) is 30.3 Å². The molecule has 0 atom stereocenters. The number of halogens is 1. The number of rotatable bonds is 6. The lowest BCUT2D eigenvalue weighted by Gasteiger charge is -2.05. The van der Waals surface area contributed by atoms with Crippen molar-refractivity contribution in [2.24, 2.45) is 0 Å². The normalized spacial score (nSPS) is 13.6. The predicted molar refractivity (Wildman–Crippen MR) is 113 cm³/mol. The Bertz CT molecular complexity index is 1230. The first kappa shape index (κ1) is 21.3. The van der Waals surface area contributed by atoms with Gasteiger partial charge in [0, 0.05) is 18.6 Å². The van der Waals surface area contributed by atoms with Crippen LogP contribution in [0.3, 0.4) is 0 Å². The molecule has 0 amide bonds. The standard InChI is InChI=1S/C23H16ClNO7/c1-29-23(28)14-4-2-13(3-5-14)10-19-22(27)17-8-6-15(11-18(17)31-19)30-21(26)9-7-16-12-20(24)25-32-16/h2-6,8,10-12H,7,9H2,1H3/b19-10-. The summed E-state index contributed by atoms with van der Waals surface area (Å²) in [7, 11) is 1.30. The molecule has 0 spiro atoms. The van der Waals surface area contributed by atoms with E-state index < -0.39 is 11.9 Å². The van der Waals surface area contributed by atoms with Crippen molar-refractivity contribution in [3.8, 4) is 11.5 Å². The topological polar surface area (TPSA) is 105 Å². The summed E-state index contributed by atoms with van der Waals surface area (Å²) in [6.07, 6.45) is 1.92. The van der Waals surface area contributed by atoms with Gasteiger partial charge in [-0.05, 0) is 35.9 Å². The average molecular weight is 454 g/mol. The van der Waals surface area contributed by atoms with Gasteiger partial charge in [0.1, 0.15) is 17.3 Å². The second-order valence-corrected chi connectivity index (χ2v) is 7.19. The van der Waals surface area contributed by atoms with E-state index in [0.717, 1.165) is 0 Å². The highest BCUT2D eigenvalue weighted by Crippen LogP contribution is 2.35. The van der Waals surface area contributed by atoms with E-state index in [1.165, 1.54) is 31.4 Å². The third-order valence-corrected chi connectivity index (χ3v) is 4.79. The van der Waals surface area contributed by atoms with Gasteiger partial charge in [-0.3, -0.25) is 9.59 Å². The monoisotopic (exact) mass is 453 g/mol. The molecule has 32 heavy (non-hydrogen) atoms. The molecule has 1 aromatic heterocycles. The molecule has 0 fully saturated rings. The van der Waals surface area contributed by atoms with Crippen LogP contribution < -0.4 is 9.47 Å². The lowest BCUT2D eigenvalue weighted by atomic mass is 10.1. The molecule has 0 radical (unpaired) electrons. The van der Waals surface area contributed by atoms with E-state index in [9.17, 15) is 14.4 Å². The molecular formula is C23H16ClNO7. The molecule has 0 saturated carbocycles. The fourth-order valence-electron chi connectivity index (χ4n) is 3.03. The Hall–Kier alpha value is -3.91. The maximum absolute atomic E-state index is 12.6. The molecule has 8 nitrogen and oxygen atoms in total. The number of carbonyl (C=O) groups excluding carboxylic acids is 3. The van der Waals surface area contributed by atoms with Crippen LogP contribution in [0, 0.1) is 0 Å². The summed E-state index contributed by atoms with van der Waals surface area (Å²) in [5.41, 5.74) is 1.43. The number of fused-ring (bicyclic) bond motifs is 1. The van der Waals surface area contributed by atoms with Crippen LogP contribution >= 0.6 is 11.6 Å². The van der Waals surface area contributed by atoms with Crippen molar-refractivity contribution in [2.75, 3.05) is 7.11 Å². The number of ether oxygens (including phenoxy) is 3. The van der Waals surface area contributed by atoms with Crippen molar-refractivity contribution in [2.45, 2.75) is 12.8 Å². The second-order valence-electron chi connectivity index (χ2n) is 6.80. The number of nitrogens with zero attached hydrogens (tertiary/aromatic N) is 1. The molecule has 2 heterocycles. The Balaban J connectivity index is 1.42. The van der Waals surface area contributed by atoms with Crippen molar-refractivity contribution in [1.82, 2.24) is 5.16 Å². The van der Waals surface area contributed by atoms with Gasteiger partial charge in [0.15, 0.2) is 10.9 Å². The van der Waals surface area contributed by atoms with E-state index in [2.05, 4.69) is 9.89 Å². The summed E-state index contributed by atoms with van der Waals surface area (Å²) < 4.78 is 20.6. The van der Waals surface area contributed by atoms with E-state index >= 15 is 0 Å². The summed E-state index contributed by atoms with van der Waals surface area (Å²) in [5, 5.41) is 3.76. The van der Waals surface area contributed by atoms with E-state index in [-0.39, 0.29) is 28.9 Å². The maximum atomic E-state index is 12.6. The highest BCUT2D eigenvalue weighted by Gasteiger charge is 2.28. The van der Waals surface area contributed by atoms with Gasteiger partial charge in [0.05, 0.1) is 24.7 Å². The number of Topliss-reactive ketones (excluding diaryl/α,β-unsaturated/α-hetero) is 1. The number of aromatic nitrogens is 1. The first-order valence-electron chi connectivity index (χ1n) is 9.51. The lowest BCUT2D eigenvalue weighted by Crippen LogP contribution is -2.08. The van der Waals surface area contributed by atoms with E-state index in [1.807, 2.05) is 0 Å². The molecule has 0 saturated heterocycles. The highest BCUT2D eigenvalue weighted by atomic mass is 35.5. The highest BCUT2D eigenvalue weighted by molar-refractivity contribution is 6.29. The van der Waals surface area contributed by atoms with Gasteiger partial charge in [-0.25, -0.2) is 4.79 Å². The van der Waals surface area contributed by atoms with Crippen molar-refractivity contribution in [3.05, 3.63) is 81.9 Å². The summed E-state index contributed by atoms with van der Waals surface area (Å²) in [4.78, 5) is 36.2. The van der Waals surface area contributed by atoms with E-state index in [4.69, 9.17) is 25.6 Å². The van der Waals surface area contributed by atoms with Crippen molar-refractivity contribution < 1.29 is 33.1 Å². The van der Waals surface area contributed by atoms with Gasteiger partial charge >= 0.3 is 11.9 Å². The molecule has 1 aliphatic heterocycles. The Kier molecular flexibility index (Phi) is 6.04. The Morgan fingerprint density at radius 2 is 1.91 bits per heavy atom.